The Kier molecular flexibility index (Phi) is 5.07. The van der Waals surface area contributed by atoms with E-state index in [-0.39, 0.29) is 4.90 Å². The van der Waals surface area contributed by atoms with E-state index < -0.39 is 9.84 Å². The first-order valence-electron chi connectivity index (χ1n) is 15.3. The molecule has 0 amide bonds. The van der Waals surface area contributed by atoms with Crippen molar-refractivity contribution in [1.82, 2.24) is 9.55 Å². The minimum absolute atomic E-state index is 0.287. The van der Waals surface area contributed by atoms with Gasteiger partial charge < -0.3 is 0 Å². The molecule has 46 heavy (non-hydrogen) atoms. The fourth-order valence-corrected chi connectivity index (χ4v) is 9.26. The molecule has 1 aliphatic heterocycles. The van der Waals surface area contributed by atoms with E-state index in [0.717, 1.165) is 32.9 Å². The summed E-state index contributed by atoms with van der Waals surface area (Å²) in [5, 5.41) is 9.22. The van der Waals surface area contributed by atoms with Crippen molar-refractivity contribution in [2.24, 2.45) is 0 Å². The molecule has 10 rings (SSSR count). The van der Waals surface area contributed by atoms with Gasteiger partial charge in [0, 0.05) is 5.56 Å². The lowest BCUT2D eigenvalue weighted by molar-refractivity contribution is 0.594. The highest BCUT2D eigenvalue weighted by atomic mass is 32.2. The van der Waals surface area contributed by atoms with Crippen molar-refractivity contribution in [2.75, 3.05) is 0 Å². The predicted molar refractivity (Wildman–Crippen MR) is 187 cm³/mol. The number of aromatic nitrogens is 2. The summed E-state index contributed by atoms with van der Waals surface area (Å²) in [5.74, 6) is 0.729. The molecular weight excluding hydrogens is 585 g/mol. The predicted octanol–water partition coefficient (Wildman–Crippen LogP) is 10.1. The molecule has 0 N–H and O–H groups in total. The molecule has 9 aromatic rings. The summed E-state index contributed by atoms with van der Waals surface area (Å²) < 4.78 is 29.7. The average molecular weight is 609 g/mol. The van der Waals surface area contributed by atoms with Crippen molar-refractivity contribution in [3.8, 4) is 28.2 Å². The summed E-state index contributed by atoms with van der Waals surface area (Å²) in [6.07, 6.45) is 0. The number of hydrogen-bond donors (Lipinski definition) is 0. The molecule has 5 heteroatoms. The molecule has 1 aliphatic rings. The van der Waals surface area contributed by atoms with Crippen molar-refractivity contribution in [3.05, 3.63) is 146 Å². The van der Waals surface area contributed by atoms with Gasteiger partial charge in [-0.2, -0.15) is 0 Å². The molecule has 4 nitrogen and oxygen atoms in total. The molecule has 2 heterocycles. The van der Waals surface area contributed by atoms with Crippen LogP contribution in [0.2, 0.25) is 0 Å². The van der Waals surface area contributed by atoms with E-state index in [4.69, 9.17) is 4.98 Å². The molecule has 0 bridgehead atoms. The molecule has 0 radical (unpaired) electrons. The Hall–Kier alpha value is -5.78. The van der Waals surface area contributed by atoms with Crippen LogP contribution in [-0.2, 0) is 9.84 Å². The van der Waals surface area contributed by atoms with E-state index in [2.05, 4.69) is 108 Å². The molecule has 0 atom stereocenters. The first-order valence-corrected chi connectivity index (χ1v) is 16.8. The Labute approximate surface area is 264 Å². The summed E-state index contributed by atoms with van der Waals surface area (Å²) in [5.41, 5.74) is 5.24. The molecular formula is C41H24N2O2S. The zero-order valence-corrected chi connectivity index (χ0v) is 25.3. The monoisotopic (exact) mass is 608 g/mol. The van der Waals surface area contributed by atoms with Gasteiger partial charge in [0.05, 0.1) is 26.5 Å². The minimum Gasteiger partial charge on any atom is -0.290 e. The first kappa shape index (κ1) is 25.5. The van der Waals surface area contributed by atoms with Crippen molar-refractivity contribution in [2.45, 2.75) is 9.79 Å². The number of hydrogen-bond acceptors (Lipinski definition) is 3. The Morgan fingerprint density at radius 3 is 1.74 bits per heavy atom. The molecule has 8 aromatic carbocycles. The highest BCUT2D eigenvalue weighted by Gasteiger charge is 2.34. The smallest absolute Gasteiger partial charge is 0.210 e. The lowest BCUT2D eigenvalue weighted by Crippen LogP contribution is -2.15. The normalized spacial score (nSPS) is 13.6. The maximum atomic E-state index is 13.8. The second kappa shape index (κ2) is 9.13. The van der Waals surface area contributed by atoms with Gasteiger partial charge in [0.25, 0.3) is 0 Å². The summed E-state index contributed by atoms with van der Waals surface area (Å²) in [4.78, 5) is 5.79. The average Bonchev–Trinajstić information content (AvgIpc) is 3.49. The summed E-state index contributed by atoms with van der Waals surface area (Å²) in [6.45, 7) is 0. The van der Waals surface area contributed by atoms with Crippen LogP contribution < -0.4 is 0 Å². The molecule has 0 fully saturated rings. The molecule has 0 saturated heterocycles. The van der Waals surface area contributed by atoms with Crippen LogP contribution in [0.5, 0.6) is 0 Å². The highest BCUT2D eigenvalue weighted by Crippen LogP contribution is 2.48. The molecule has 1 aromatic heterocycles. The Morgan fingerprint density at radius 1 is 0.478 bits per heavy atom. The third kappa shape index (κ3) is 3.27. The quantitative estimate of drug-likeness (QED) is 0.145. The summed E-state index contributed by atoms with van der Waals surface area (Å²) in [6, 6.07) is 49.3. The number of para-hydroxylation sites is 2. The van der Waals surface area contributed by atoms with E-state index in [1.807, 2.05) is 18.2 Å². The van der Waals surface area contributed by atoms with Crippen molar-refractivity contribution in [1.29, 1.82) is 0 Å². The molecule has 0 spiro atoms. The molecule has 0 aliphatic carbocycles. The van der Waals surface area contributed by atoms with E-state index >= 15 is 0 Å². The van der Waals surface area contributed by atoms with Gasteiger partial charge in [0.1, 0.15) is 5.82 Å². The highest BCUT2D eigenvalue weighted by molar-refractivity contribution is 7.92. The number of imidazole rings is 1. The van der Waals surface area contributed by atoms with Crippen LogP contribution in [0, 0.1) is 0 Å². The van der Waals surface area contributed by atoms with Crippen molar-refractivity contribution >= 4 is 64.0 Å². The van der Waals surface area contributed by atoms with Gasteiger partial charge in [-0.1, -0.05) is 115 Å². The lowest BCUT2D eigenvalue weighted by Gasteiger charge is -2.23. The van der Waals surface area contributed by atoms with Gasteiger partial charge in [-0.15, -0.1) is 0 Å². The largest absolute Gasteiger partial charge is 0.290 e. The number of benzene rings is 8. The van der Waals surface area contributed by atoms with E-state index in [0.29, 0.717) is 21.6 Å². The van der Waals surface area contributed by atoms with Crippen LogP contribution in [0.4, 0.5) is 0 Å². The zero-order valence-electron chi connectivity index (χ0n) is 24.5. The van der Waals surface area contributed by atoms with Crippen LogP contribution in [0.15, 0.2) is 155 Å². The molecule has 0 unspecified atom stereocenters. The fraction of sp³-hybridized carbons (Fsp3) is 0. The van der Waals surface area contributed by atoms with Crippen LogP contribution in [0.25, 0.3) is 82.3 Å². The second-order valence-corrected chi connectivity index (χ2v) is 13.8. The van der Waals surface area contributed by atoms with Gasteiger partial charge in [0.2, 0.25) is 9.84 Å². The maximum Gasteiger partial charge on any atom is 0.210 e. The second-order valence-electron chi connectivity index (χ2n) is 11.9. The number of fused-ring (bicyclic) bond motifs is 7. The number of sulfone groups is 1. The Balaban J connectivity index is 1.40. The zero-order chi connectivity index (χ0) is 30.6. The van der Waals surface area contributed by atoms with E-state index in [9.17, 15) is 8.42 Å². The van der Waals surface area contributed by atoms with E-state index in [1.54, 1.807) is 24.3 Å². The summed E-state index contributed by atoms with van der Waals surface area (Å²) in [7, 11) is -3.70. The van der Waals surface area contributed by atoms with Gasteiger partial charge in [0.15, 0.2) is 0 Å². The van der Waals surface area contributed by atoms with Gasteiger partial charge in [-0.3, -0.25) is 4.57 Å². The first-order chi connectivity index (χ1) is 22.6. The third-order valence-corrected chi connectivity index (χ3v) is 11.3. The van der Waals surface area contributed by atoms with Crippen LogP contribution in [0.3, 0.4) is 0 Å². The summed E-state index contributed by atoms with van der Waals surface area (Å²) >= 11 is 0. The Morgan fingerprint density at radius 2 is 1.02 bits per heavy atom. The van der Waals surface area contributed by atoms with Gasteiger partial charge >= 0.3 is 0 Å². The number of nitrogens with zero attached hydrogens (tertiary/aromatic N) is 2. The van der Waals surface area contributed by atoms with Crippen molar-refractivity contribution in [3.63, 3.8) is 0 Å². The maximum absolute atomic E-state index is 13.8. The van der Waals surface area contributed by atoms with Crippen LogP contribution in [-0.4, -0.2) is 18.0 Å². The standard InChI is InChI=1S/C41H24N2O2S/c44-46(45)36-22-10-9-21-35(36)43-40-34(20-11-23-37(40)46)42-41(43)39-31-18-7-5-16-29(31)38(30-17-6-8-19-32(30)39)33-24-25-12-1-2-13-26(25)27-14-3-4-15-28(27)33/h1-24H. The van der Waals surface area contributed by atoms with Gasteiger partial charge in [-0.25, -0.2) is 13.4 Å². The number of rotatable bonds is 2. The molecule has 216 valence electrons. The Bertz CT molecular complexity index is 2830. The third-order valence-electron chi connectivity index (χ3n) is 9.52. The van der Waals surface area contributed by atoms with Crippen molar-refractivity contribution < 1.29 is 8.42 Å². The lowest BCUT2D eigenvalue weighted by atomic mass is 9.85. The van der Waals surface area contributed by atoms with E-state index in [1.165, 1.54) is 32.7 Å². The van der Waals surface area contributed by atoms with Gasteiger partial charge in [-0.05, 0) is 84.5 Å². The minimum atomic E-state index is -3.70. The topological polar surface area (TPSA) is 52.0 Å². The SMILES string of the molecule is O=S1(=O)c2ccccc2-n2c(-c3c4ccccc4c(-c4cc5ccccc5c5ccccc45)c4ccccc34)nc3cccc1c32. The van der Waals surface area contributed by atoms with Crippen LogP contribution in [0.1, 0.15) is 0 Å². The van der Waals surface area contributed by atoms with Crippen LogP contribution >= 0.6 is 0 Å². The fourth-order valence-electron chi connectivity index (χ4n) is 7.62. The molecule has 0 saturated carbocycles.